The Balaban J connectivity index is 2.72. The summed E-state index contributed by atoms with van der Waals surface area (Å²) in [5.41, 5.74) is 7.58. The van der Waals surface area contributed by atoms with Crippen LogP contribution in [-0.4, -0.2) is 21.5 Å². The second-order valence-corrected chi connectivity index (χ2v) is 3.54. The molecule has 0 aliphatic rings. The fourth-order valence-corrected chi connectivity index (χ4v) is 1.42. The van der Waals surface area contributed by atoms with Crippen molar-refractivity contribution in [2.45, 2.75) is 20.4 Å². The Morgan fingerprint density at radius 2 is 2.29 bits per heavy atom. The Bertz CT molecular complexity index is 325. The molecule has 0 aliphatic heterocycles. The van der Waals surface area contributed by atoms with E-state index in [4.69, 9.17) is 18.0 Å². The highest BCUT2D eigenvalue weighted by Crippen LogP contribution is 2.02. The first-order valence-electron chi connectivity index (χ1n) is 4.60. The van der Waals surface area contributed by atoms with Crippen molar-refractivity contribution in [3.63, 3.8) is 0 Å². The van der Waals surface area contributed by atoms with Gasteiger partial charge in [-0.05, 0) is 38.2 Å². The molecule has 1 heterocycles. The minimum Gasteiger partial charge on any atom is -0.376 e. The summed E-state index contributed by atoms with van der Waals surface area (Å²) < 4.78 is 0. The zero-order chi connectivity index (χ0) is 10.6. The molecule has 0 amide bonds. The third-order valence-corrected chi connectivity index (χ3v) is 2.25. The zero-order valence-electron chi connectivity index (χ0n) is 8.53. The number of hydrogen-bond donors (Lipinski definition) is 1. The third-order valence-electron chi connectivity index (χ3n) is 1.99. The van der Waals surface area contributed by atoms with Gasteiger partial charge >= 0.3 is 0 Å². The largest absolute Gasteiger partial charge is 0.376 e. The van der Waals surface area contributed by atoms with Crippen LogP contribution in [0.4, 0.5) is 0 Å². The molecule has 1 aromatic rings. The maximum Gasteiger partial charge on any atom is 0.166 e. The molecule has 2 N–H and O–H groups in total. The molecular formula is C10H15N3S. The van der Waals surface area contributed by atoms with Crippen LogP contribution < -0.4 is 5.73 Å². The van der Waals surface area contributed by atoms with Crippen molar-refractivity contribution in [2.75, 3.05) is 6.54 Å². The monoisotopic (exact) mass is 209 g/mol. The number of hydrogen-bond acceptors (Lipinski definition) is 2. The zero-order valence-corrected chi connectivity index (χ0v) is 9.34. The van der Waals surface area contributed by atoms with E-state index in [9.17, 15) is 0 Å². The molecule has 0 aliphatic carbocycles. The molecule has 1 rings (SSSR count). The SMILES string of the molecule is CCN(Cc1cccc(C)n1)C(N)=S. The summed E-state index contributed by atoms with van der Waals surface area (Å²) >= 11 is 4.92. The van der Waals surface area contributed by atoms with Gasteiger partial charge in [0, 0.05) is 12.2 Å². The van der Waals surface area contributed by atoms with Gasteiger partial charge in [0.05, 0.1) is 12.2 Å². The maximum atomic E-state index is 5.56. The minimum absolute atomic E-state index is 0.427. The van der Waals surface area contributed by atoms with E-state index in [2.05, 4.69) is 4.98 Å². The van der Waals surface area contributed by atoms with Crippen LogP contribution in [0.2, 0.25) is 0 Å². The van der Waals surface area contributed by atoms with Crippen molar-refractivity contribution < 1.29 is 0 Å². The average Bonchev–Trinajstić information content (AvgIpc) is 2.14. The van der Waals surface area contributed by atoms with Crippen LogP contribution in [0, 0.1) is 6.92 Å². The molecule has 0 unspecified atom stereocenters. The van der Waals surface area contributed by atoms with Crippen molar-refractivity contribution in [3.8, 4) is 0 Å². The van der Waals surface area contributed by atoms with Crippen molar-refractivity contribution in [1.29, 1.82) is 0 Å². The van der Waals surface area contributed by atoms with Gasteiger partial charge in [-0.25, -0.2) is 0 Å². The molecule has 1 aromatic heterocycles. The minimum atomic E-state index is 0.427. The smallest absolute Gasteiger partial charge is 0.166 e. The standard InChI is InChI=1S/C10H15N3S/c1-3-13(10(11)14)7-9-6-4-5-8(2)12-9/h4-6H,3,7H2,1-2H3,(H2,11,14). The van der Waals surface area contributed by atoms with Gasteiger partial charge in [0.1, 0.15) is 0 Å². The van der Waals surface area contributed by atoms with Crippen molar-refractivity contribution in [2.24, 2.45) is 5.73 Å². The topological polar surface area (TPSA) is 42.2 Å². The van der Waals surface area contributed by atoms with Gasteiger partial charge in [-0.3, -0.25) is 4.98 Å². The van der Waals surface area contributed by atoms with E-state index in [1.54, 1.807) is 0 Å². The Morgan fingerprint density at radius 1 is 1.57 bits per heavy atom. The molecule has 4 heteroatoms. The van der Waals surface area contributed by atoms with Crippen LogP contribution in [0.25, 0.3) is 0 Å². The van der Waals surface area contributed by atoms with Crippen LogP contribution in [0.3, 0.4) is 0 Å². The number of aryl methyl sites for hydroxylation is 1. The first-order chi connectivity index (χ1) is 6.63. The first-order valence-corrected chi connectivity index (χ1v) is 5.01. The Labute approximate surface area is 89.9 Å². The van der Waals surface area contributed by atoms with Crippen molar-refractivity contribution in [1.82, 2.24) is 9.88 Å². The van der Waals surface area contributed by atoms with Gasteiger partial charge in [-0.15, -0.1) is 0 Å². The molecule has 0 fully saturated rings. The van der Waals surface area contributed by atoms with Crippen LogP contribution in [0.15, 0.2) is 18.2 Å². The number of nitrogens with zero attached hydrogens (tertiary/aromatic N) is 2. The maximum absolute atomic E-state index is 5.56. The molecule has 0 saturated carbocycles. The van der Waals surface area contributed by atoms with E-state index in [1.807, 2.05) is 36.9 Å². The first kappa shape index (κ1) is 10.9. The normalized spacial score (nSPS) is 9.86. The lowest BCUT2D eigenvalue weighted by atomic mass is 10.3. The lowest BCUT2D eigenvalue weighted by molar-refractivity contribution is 0.432. The van der Waals surface area contributed by atoms with E-state index < -0.39 is 0 Å². The highest BCUT2D eigenvalue weighted by Gasteiger charge is 2.05. The third kappa shape index (κ3) is 2.96. The molecule has 76 valence electrons. The second kappa shape index (κ2) is 4.91. The number of rotatable bonds is 3. The van der Waals surface area contributed by atoms with E-state index in [0.29, 0.717) is 11.7 Å². The number of thiocarbonyl (C=S) groups is 1. The summed E-state index contributed by atoms with van der Waals surface area (Å²) in [7, 11) is 0. The Morgan fingerprint density at radius 3 is 2.79 bits per heavy atom. The van der Waals surface area contributed by atoms with Gasteiger partial charge in [-0.2, -0.15) is 0 Å². The number of pyridine rings is 1. The highest BCUT2D eigenvalue weighted by molar-refractivity contribution is 7.80. The summed E-state index contributed by atoms with van der Waals surface area (Å²) in [4.78, 5) is 6.30. The van der Waals surface area contributed by atoms with E-state index in [1.165, 1.54) is 0 Å². The van der Waals surface area contributed by atoms with Crippen LogP contribution in [0.5, 0.6) is 0 Å². The summed E-state index contributed by atoms with van der Waals surface area (Å²) in [5.74, 6) is 0. The van der Waals surface area contributed by atoms with Gasteiger partial charge in [0.15, 0.2) is 5.11 Å². The molecule has 0 saturated heterocycles. The summed E-state index contributed by atoms with van der Waals surface area (Å²) in [6.07, 6.45) is 0. The predicted molar refractivity (Wildman–Crippen MR) is 61.8 cm³/mol. The van der Waals surface area contributed by atoms with Crippen LogP contribution in [-0.2, 0) is 6.54 Å². The summed E-state index contributed by atoms with van der Waals surface area (Å²) in [5, 5.41) is 0.427. The second-order valence-electron chi connectivity index (χ2n) is 3.12. The molecule has 0 radical (unpaired) electrons. The molecule has 0 aromatic carbocycles. The van der Waals surface area contributed by atoms with Crippen molar-refractivity contribution >= 4 is 17.3 Å². The summed E-state index contributed by atoms with van der Waals surface area (Å²) in [6, 6.07) is 5.94. The molecule has 0 bridgehead atoms. The summed E-state index contributed by atoms with van der Waals surface area (Å²) in [6.45, 7) is 5.49. The fraction of sp³-hybridized carbons (Fsp3) is 0.400. The Kier molecular flexibility index (Phi) is 3.83. The average molecular weight is 209 g/mol. The number of aromatic nitrogens is 1. The predicted octanol–water partition coefficient (Wildman–Crippen LogP) is 1.46. The van der Waals surface area contributed by atoms with Gasteiger partial charge in [0.25, 0.3) is 0 Å². The molecule has 0 atom stereocenters. The molecule has 3 nitrogen and oxygen atoms in total. The lowest BCUT2D eigenvalue weighted by Gasteiger charge is -2.20. The van der Waals surface area contributed by atoms with E-state index in [0.717, 1.165) is 17.9 Å². The molecular weight excluding hydrogens is 194 g/mol. The van der Waals surface area contributed by atoms with Crippen molar-refractivity contribution in [3.05, 3.63) is 29.6 Å². The van der Waals surface area contributed by atoms with Crippen LogP contribution >= 0.6 is 12.2 Å². The van der Waals surface area contributed by atoms with Gasteiger partial charge in [0.2, 0.25) is 0 Å². The molecule has 0 spiro atoms. The fourth-order valence-electron chi connectivity index (χ4n) is 1.23. The van der Waals surface area contributed by atoms with Gasteiger partial charge < -0.3 is 10.6 Å². The Hall–Kier alpha value is -1.16. The molecule has 14 heavy (non-hydrogen) atoms. The van der Waals surface area contributed by atoms with E-state index >= 15 is 0 Å². The van der Waals surface area contributed by atoms with E-state index in [-0.39, 0.29) is 0 Å². The lowest BCUT2D eigenvalue weighted by Crippen LogP contribution is -2.34. The van der Waals surface area contributed by atoms with Crippen LogP contribution in [0.1, 0.15) is 18.3 Å². The number of nitrogens with two attached hydrogens (primary N) is 1. The highest BCUT2D eigenvalue weighted by atomic mass is 32.1. The quantitative estimate of drug-likeness (QED) is 0.765. The van der Waals surface area contributed by atoms with Gasteiger partial charge in [-0.1, -0.05) is 6.07 Å².